The van der Waals surface area contributed by atoms with Crippen LogP contribution in [0.25, 0.3) is 22.6 Å². The third-order valence-electron chi connectivity index (χ3n) is 10.7. The van der Waals surface area contributed by atoms with Gasteiger partial charge in [0.2, 0.25) is 0 Å². The number of Topliss-reactive ketones (excluding diaryl/α,β-unsaturated/α-hetero) is 1. The summed E-state index contributed by atoms with van der Waals surface area (Å²) in [6, 6.07) is 22.1. The molecule has 4 heteroatoms. The SMILES string of the molecule is Cc1cc(C)c(N(C)c2nc(-c3ccccc3)[nH]c2-c2ccc3c(c2)CC[C@@H]2[C@@H]3CC[C@]3(C)C(=O)CC[C@@H]23)c(C)c1. The Labute approximate surface area is 244 Å². The maximum absolute atomic E-state index is 12.8. The Morgan fingerprint density at radius 3 is 2.41 bits per heavy atom. The predicted octanol–water partition coefficient (Wildman–Crippen LogP) is 8.86. The minimum Gasteiger partial charge on any atom is -0.336 e. The van der Waals surface area contributed by atoms with Crippen molar-refractivity contribution < 1.29 is 4.79 Å². The third-order valence-corrected chi connectivity index (χ3v) is 10.7. The summed E-state index contributed by atoms with van der Waals surface area (Å²) in [7, 11) is 2.14. The number of benzene rings is 3. The van der Waals surface area contributed by atoms with Gasteiger partial charge in [-0.2, -0.15) is 0 Å². The number of imidazole rings is 1. The number of hydrogen-bond donors (Lipinski definition) is 1. The summed E-state index contributed by atoms with van der Waals surface area (Å²) in [4.78, 5) is 24.0. The zero-order valence-electron chi connectivity index (χ0n) is 25.1. The van der Waals surface area contributed by atoms with E-state index in [1.807, 2.05) is 6.07 Å². The molecule has 210 valence electrons. The molecule has 1 heterocycles. The highest BCUT2D eigenvalue weighted by molar-refractivity contribution is 5.87. The van der Waals surface area contributed by atoms with E-state index in [0.29, 0.717) is 23.5 Å². The van der Waals surface area contributed by atoms with Crippen molar-refractivity contribution >= 4 is 17.3 Å². The van der Waals surface area contributed by atoms with E-state index in [1.165, 1.54) is 45.5 Å². The van der Waals surface area contributed by atoms with Gasteiger partial charge in [-0.1, -0.05) is 67.1 Å². The third kappa shape index (κ3) is 4.17. The Hall–Kier alpha value is -3.66. The van der Waals surface area contributed by atoms with Crippen LogP contribution in [0.5, 0.6) is 0 Å². The van der Waals surface area contributed by atoms with Gasteiger partial charge < -0.3 is 9.88 Å². The zero-order chi connectivity index (χ0) is 28.5. The maximum Gasteiger partial charge on any atom is 0.159 e. The van der Waals surface area contributed by atoms with Gasteiger partial charge in [0.05, 0.1) is 5.69 Å². The molecule has 0 amide bonds. The Morgan fingerprint density at radius 2 is 1.66 bits per heavy atom. The molecule has 41 heavy (non-hydrogen) atoms. The van der Waals surface area contributed by atoms with Crippen molar-refractivity contribution in [2.45, 2.75) is 72.1 Å². The number of anilines is 2. The molecule has 0 bridgehead atoms. The van der Waals surface area contributed by atoms with Gasteiger partial charge in [-0.15, -0.1) is 0 Å². The van der Waals surface area contributed by atoms with Crippen LogP contribution in [-0.4, -0.2) is 22.8 Å². The molecule has 3 aromatic carbocycles. The fourth-order valence-corrected chi connectivity index (χ4v) is 8.86. The number of fused-ring (bicyclic) bond motifs is 5. The van der Waals surface area contributed by atoms with Crippen LogP contribution >= 0.6 is 0 Å². The van der Waals surface area contributed by atoms with Crippen LogP contribution in [0.2, 0.25) is 0 Å². The average Bonchev–Trinajstić information content (AvgIpc) is 3.54. The lowest BCUT2D eigenvalue weighted by atomic mass is 9.55. The Morgan fingerprint density at radius 1 is 0.902 bits per heavy atom. The number of nitrogens with zero attached hydrogens (tertiary/aromatic N) is 2. The van der Waals surface area contributed by atoms with E-state index in [-0.39, 0.29) is 5.41 Å². The average molecular weight is 544 g/mol. The molecular weight excluding hydrogens is 502 g/mol. The number of carbonyl (C=O) groups is 1. The lowest BCUT2D eigenvalue weighted by Crippen LogP contribution is -2.42. The highest BCUT2D eigenvalue weighted by Gasteiger charge is 2.54. The van der Waals surface area contributed by atoms with E-state index in [0.717, 1.165) is 55.0 Å². The largest absolute Gasteiger partial charge is 0.336 e. The molecule has 4 nitrogen and oxygen atoms in total. The smallest absolute Gasteiger partial charge is 0.159 e. The molecule has 3 aliphatic carbocycles. The Kier molecular flexibility index (Phi) is 6.22. The van der Waals surface area contributed by atoms with Crippen LogP contribution in [0.15, 0.2) is 60.7 Å². The lowest BCUT2D eigenvalue weighted by molar-refractivity contribution is -0.129. The highest BCUT2D eigenvalue weighted by atomic mass is 16.1. The first-order valence-corrected chi connectivity index (χ1v) is 15.4. The van der Waals surface area contributed by atoms with Crippen LogP contribution in [-0.2, 0) is 11.2 Å². The molecule has 0 saturated heterocycles. The quantitative estimate of drug-likeness (QED) is 0.280. The number of aromatic amines is 1. The van der Waals surface area contributed by atoms with Crippen molar-refractivity contribution in [3.05, 3.63) is 88.5 Å². The van der Waals surface area contributed by atoms with Gasteiger partial charge in [-0.3, -0.25) is 4.79 Å². The molecule has 0 unspecified atom stereocenters. The van der Waals surface area contributed by atoms with E-state index < -0.39 is 0 Å². The topological polar surface area (TPSA) is 49.0 Å². The van der Waals surface area contributed by atoms with E-state index in [4.69, 9.17) is 4.98 Å². The van der Waals surface area contributed by atoms with Crippen molar-refractivity contribution in [2.75, 3.05) is 11.9 Å². The summed E-state index contributed by atoms with van der Waals surface area (Å²) in [5, 5.41) is 0. The maximum atomic E-state index is 12.8. The summed E-state index contributed by atoms with van der Waals surface area (Å²) in [6.45, 7) is 8.81. The van der Waals surface area contributed by atoms with Crippen LogP contribution in [0.3, 0.4) is 0 Å². The fraction of sp³-hybridized carbons (Fsp3) is 0.405. The second-order valence-electron chi connectivity index (χ2n) is 13.2. The molecule has 2 saturated carbocycles. The molecule has 3 aliphatic rings. The Balaban J connectivity index is 1.30. The van der Waals surface area contributed by atoms with Crippen molar-refractivity contribution in [2.24, 2.45) is 17.3 Å². The second kappa shape index (κ2) is 9.72. The standard InChI is InChI=1S/C37H41N3O/c1-22-19-23(2)34(24(3)20-22)40(5)36-33(38-35(39-36)25-9-7-6-8-10-25)27-12-13-28-26(21-27)11-14-30-29(28)17-18-37(4)31(30)15-16-32(37)41/h6-10,12-13,19-21,29-31H,11,14-18H2,1-5H3,(H,38,39)/t29-,30-,31+,37+/m1/s1. The minimum absolute atomic E-state index is 0.0753. The van der Waals surface area contributed by atoms with Crippen molar-refractivity contribution in [1.29, 1.82) is 0 Å². The molecule has 4 atom stereocenters. The lowest BCUT2D eigenvalue weighted by Gasteiger charge is -2.48. The second-order valence-corrected chi connectivity index (χ2v) is 13.2. The highest BCUT2D eigenvalue weighted by Crippen LogP contribution is 2.59. The minimum atomic E-state index is -0.0753. The van der Waals surface area contributed by atoms with Gasteiger partial charge in [-0.25, -0.2) is 4.98 Å². The fourth-order valence-electron chi connectivity index (χ4n) is 8.86. The number of rotatable bonds is 4. The first-order valence-electron chi connectivity index (χ1n) is 15.4. The summed E-state index contributed by atoms with van der Waals surface area (Å²) in [5.41, 5.74) is 11.3. The number of H-pyrrole nitrogens is 1. The predicted molar refractivity (Wildman–Crippen MR) is 168 cm³/mol. The zero-order valence-corrected chi connectivity index (χ0v) is 25.1. The summed E-state index contributed by atoms with van der Waals surface area (Å²) in [5.74, 6) is 4.14. The molecule has 1 N–H and O–H groups in total. The number of carbonyl (C=O) groups excluding carboxylic acids is 1. The molecule has 0 aliphatic heterocycles. The van der Waals surface area contributed by atoms with Crippen LogP contribution in [0.4, 0.5) is 11.5 Å². The molecular formula is C37H41N3O. The first kappa shape index (κ1) is 26.3. The van der Waals surface area contributed by atoms with Crippen molar-refractivity contribution in [1.82, 2.24) is 9.97 Å². The number of aryl methyl sites for hydroxylation is 4. The summed E-state index contributed by atoms with van der Waals surface area (Å²) in [6.07, 6.45) is 6.35. The molecule has 2 fully saturated rings. The number of aromatic nitrogens is 2. The molecule has 0 radical (unpaired) electrons. The van der Waals surface area contributed by atoms with Gasteiger partial charge in [0.25, 0.3) is 0 Å². The first-order chi connectivity index (χ1) is 19.7. The summed E-state index contributed by atoms with van der Waals surface area (Å²) < 4.78 is 0. The number of hydrogen-bond acceptors (Lipinski definition) is 3. The van der Waals surface area contributed by atoms with Crippen LogP contribution in [0.1, 0.15) is 72.8 Å². The molecule has 1 aromatic heterocycles. The number of nitrogens with one attached hydrogen (secondary N) is 1. The van der Waals surface area contributed by atoms with Gasteiger partial charge in [0, 0.05) is 35.7 Å². The molecule has 0 spiro atoms. The van der Waals surface area contributed by atoms with E-state index in [1.54, 1.807) is 0 Å². The van der Waals surface area contributed by atoms with E-state index >= 15 is 0 Å². The monoisotopic (exact) mass is 543 g/mol. The van der Waals surface area contributed by atoms with Gasteiger partial charge in [-0.05, 0) is 98.9 Å². The summed E-state index contributed by atoms with van der Waals surface area (Å²) >= 11 is 0. The van der Waals surface area contributed by atoms with E-state index in [2.05, 4.69) is 99.2 Å². The van der Waals surface area contributed by atoms with Gasteiger partial charge in [0.15, 0.2) is 5.82 Å². The van der Waals surface area contributed by atoms with Crippen LogP contribution in [0, 0.1) is 38.0 Å². The van der Waals surface area contributed by atoms with Crippen molar-refractivity contribution in [3.63, 3.8) is 0 Å². The van der Waals surface area contributed by atoms with Crippen LogP contribution < -0.4 is 4.90 Å². The van der Waals surface area contributed by atoms with Crippen molar-refractivity contribution in [3.8, 4) is 22.6 Å². The number of ketones is 1. The Bertz CT molecular complexity index is 1630. The molecule has 7 rings (SSSR count). The van der Waals surface area contributed by atoms with E-state index in [9.17, 15) is 4.79 Å². The van der Waals surface area contributed by atoms with Gasteiger partial charge in [0.1, 0.15) is 11.6 Å². The molecule has 4 aromatic rings. The normalized spacial score (nSPS) is 25.0. The van der Waals surface area contributed by atoms with Gasteiger partial charge >= 0.3 is 0 Å².